The molecule has 5 heteroatoms. The summed E-state index contributed by atoms with van der Waals surface area (Å²) in [7, 11) is 0. The van der Waals surface area contributed by atoms with Crippen LogP contribution in [0.25, 0.3) is 99.3 Å². The van der Waals surface area contributed by atoms with Crippen molar-refractivity contribution in [3.8, 4) is 50.6 Å². The van der Waals surface area contributed by atoms with Crippen molar-refractivity contribution in [1.82, 2.24) is 14.5 Å². The van der Waals surface area contributed by atoms with E-state index >= 15 is 0 Å². The zero-order chi connectivity index (χ0) is 34.6. The largest absolute Gasteiger partial charge is 0.456 e. The number of rotatable bonds is 5. The molecule has 3 heterocycles. The Morgan fingerprint density at radius 1 is 0.519 bits per heavy atom. The highest BCUT2D eigenvalue weighted by molar-refractivity contribution is 6.14. The third kappa shape index (κ3) is 4.78. The fourth-order valence-corrected chi connectivity index (χ4v) is 7.41. The third-order valence-corrected chi connectivity index (χ3v) is 9.81. The van der Waals surface area contributed by atoms with Gasteiger partial charge in [-0.3, -0.25) is 4.57 Å². The molecular formula is C47H28N4O. The Morgan fingerprint density at radius 3 is 1.98 bits per heavy atom. The Hall–Kier alpha value is -7.29. The normalized spacial score (nSPS) is 11.4. The maximum absolute atomic E-state index is 7.47. The van der Waals surface area contributed by atoms with E-state index < -0.39 is 0 Å². The average Bonchev–Trinajstić information content (AvgIpc) is 3.76. The van der Waals surface area contributed by atoms with E-state index in [-0.39, 0.29) is 0 Å². The van der Waals surface area contributed by atoms with Crippen molar-refractivity contribution in [3.05, 3.63) is 181 Å². The number of fused-ring (bicyclic) bond motifs is 6. The number of benzene rings is 7. The minimum absolute atomic E-state index is 0.600. The second-order valence-electron chi connectivity index (χ2n) is 12.9. The Kier molecular flexibility index (Phi) is 6.80. The first-order valence-electron chi connectivity index (χ1n) is 17.2. The van der Waals surface area contributed by atoms with Crippen LogP contribution in [0.4, 0.5) is 5.69 Å². The molecule has 0 amide bonds. The first-order chi connectivity index (χ1) is 25.7. The summed E-state index contributed by atoms with van der Waals surface area (Å²) < 4.78 is 8.63. The van der Waals surface area contributed by atoms with E-state index in [1.54, 1.807) is 6.07 Å². The second-order valence-corrected chi connectivity index (χ2v) is 12.9. The van der Waals surface area contributed by atoms with Crippen LogP contribution >= 0.6 is 0 Å². The van der Waals surface area contributed by atoms with Gasteiger partial charge in [0.25, 0.3) is 0 Å². The average molecular weight is 665 g/mol. The molecule has 52 heavy (non-hydrogen) atoms. The van der Waals surface area contributed by atoms with Gasteiger partial charge in [0.2, 0.25) is 0 Å². The summed E-state index contributed by atoms with van der Waals surface area (Å²) in [6, 6.07) is 58.1. The Labute approximate surface area is 299 Å². The molecule has 3 aromatic heterocycles. The first kappa shape index (κ1) is 29.6. The lowest BCUT2D eigenvalue weighted by Crippen LogP contribution is -1.99. The standard InChI is InChI=1S/C47H28N4O/c1-48-35-25-26-42-40(29-35)38-23-12-22-37(45(38)52-42)33-17-10-15-31(27-33)32-16-11-18-34(28-32)46-49-44(30-13-4-2-5-14-30)43-39-21-8-9-24-41(39)51(47(43)50-46)36-19-6-3-7-20-36/h2-29H. The quantitative estimate of drug-likeness (QED) is 0.172. The van der Waals surface area contributed by atoms with Crippen LogP contribution in [0, 0.1) is 6.57 Å². The van der Waals surface area contributed by atoms with E-state index in [9.17, 15) is 0 Å². The van der Waals surface area contributed by atoms with Gasteiger partial charge in [0.1, 0.15) is 16.8 Å². The van der Waals surface area contributed by atoms with E-state index in [1.165, 1.54) is 0 Å². The van der Waals surface area contributed by atoms with Crippen LogP contribution in [0.5, 0.6) is 0 Å². The molecule has 10 rings (SSSR count). The van der Waals surface area contributed by atoms with Gasteiger partial charge in [0.05, 0.1) is 23.2 Å². The molecule has 10 aromatic rings. The number of furan rings is 1. The number of hydrogen-bond acceptors (Lipinski definition) is 3. The van der Waals surface area contributed by atoms with Gasteiger partial charge in [-0.2, -0.15) is 0 Å². The molecule has 0 fully saturated rings. The van der Waals surface area contributed by atoms with Gasteiger partial charge in [0.15, 0.2) is 11.5 Å². The third-order valence-electron chi connectivity index (χ3n) is 9.81. The lowest BCUT2D eigenvalue weighted by atomic mass is 9.96. The van der Waals surface area contributed by atoms with Crippen molar-refractivity contribution in [3.63, 3.8) is 0 Å². The lowest BCUT2D eigenvalue weighted by molar-refractivity contribution is 0.670. The van der Waals surface area contributed by atoms with Crippen molar-refractivity contribution in [2.24, 2.45) is 0 Å². The highest BCUT2D eigenvalue weighted by atomic mass is 16.3. The van der Waals surface area contributed by atoms with Gasteiger partial charge < -0.3 is 4.42 Å². The number of nitrogens with zero attached hydrogens (tertiary/aromatic N) is 4. The molecule has 0 radical (unpaired) electrons. The first-order valence-corrected chi connectivity index (χ1v) is 17.2. The molecule has 0 aliphatic heterocycles. The molecule has 0 N–H and O–H groups in total. The molecule has 5 nitrogen and oxygen atoms in total. The maximum Gasteiger partial charge on any atom is 0.188 e. The van der Waals surface area contributed by atoms with E-state index in [2.05, 4.69) is 149 Å². The summed E-state index contributed by atoms with van der Waals surface area (Å²) >= 11 is 0. The van der Waals surface area contributed by atoms with E-state index in [0.717, 1.165) is 88.6 Å². The van der Waals surface area contributed by atoms with Gasteiger partial charge >= 0.3 is 0 Å². The smallest absolute Gasteiger partial charge is 0.188 e. The summed E-state index contributed by atoms with van der Waals surface area (Å²) in [5.74, 6) is 0.662. The fraction of sp³-hybridized carbons (Fsp3) is 0. The number of para-hydroxylation sites is 3. The maximum atomic E-state index is 7.47. The van der Waals surface area contributed by atoms with Gasteiger partial charge in [0, 0.05) is 38.5 Å². The van der Waals surface area contributed by atoms with Crippen molar-refractivity contribution in [1.29, 1.82) is 0 Å². The van der Waals surface area contributed by atoms with Crippen LogP contribution < -0.4 is 0 Å². The van der Waals surface area contributed by atoms with E-state index in [0.29, 0.717) is 11.5 Å². The van der Waals surface area contributed by atoms with E-state index in [1.807, 2.05) is 24.3 Å². The van der Waals surface area contributed by atoms with Crippen molar-refractivity contribution < 1.29 is 4.42 Å². The van der Waals surface area contributed by atoms with Crippen LogP contribution in [0.15, 0.2) is 174 Å². The lowest BCUT2D eigenvalue weighted by Gasteiger charge is -2.11. The van der Waals surface area contributed by atoms with Crippen LogP contribution in [0.2, 0.25) is 0 Å². The van der Waals surface area contributed by atoms with Gasteiger partial charge in [-0.25, -0.2) is 14.8 Å². The summed E-state index contributed by atoms with van der Waals surface area (Å²) in [6.07, 6.45) is 0. The van der Waals surface area contributed by atoms with Crippen LogP contribution in [0.1, 0.15) is 0 Å². The minimum Gasteiger partial charge on any atom is -0.456 e. The van der Waals surface area contributed by atoms with Crippen molar-refractivity contribution in [2.75, 3.05) is 0 Å². The molecule has 0 atom stereocenters. The molecule has 0 saturated heterocycles. The SMILES string of the molecule is [C-]#[N+]c1ccc2oc3c(-c4cccc(-c5cccc(-c6nc(-c7ccccc7)c7c8ccccc8n(-c8ccccc8)c7n6)c5)c4)cccc3c2c1. The topological polar surface area (TPSA) is 48.2 Å². The van der Waals surface area contributed by atoms with Crippen LogP contribution in [-0.2, 0) is 0 Å². The molecule has 242 valence electrons. The molecule has 0 aliphatic rings. The second kappa shape index (κ2) is 11.9. The molecule has 7 aromatic carbocycles. The molecule has 0 unspecified atom stereocenters. The Balaban J connectivity index is 1.14. The van der Waals surface area contributed by atoms with Crippen molar-refractivity contribution in [2.45, 2.75) is 0 Å². The molecule has 0 saturated carbocycles. The minimum atomic E-state index is 0.600. The summed E-state index contributed by atoms with van der Waals surface area (Å²) in [5.41, 5.74) is 12.3. The molecule has 0 spiro atoms. The molecule has 0 bridgehead atoms. The van der Waals surface area contributed by atoms with Crippen LogP contribution in [-0.4, -0.2) is 14.5 Å². The van der Waals surface area contributed by atoms with E-state index in [4.69, 9.17) is 21.0 Å². The molecule has 0 aliphatic carbocycles. The number of aromatic nitrogens is 3. The zero-order valence-electron chi connectivity index (χ0n) is 27.9. The predicted octanol–water partition coefficient (Wildman–Crippen LogP) is 12.7. The van der Waals surface area contributed by atoms with Gasteiger partial charge in [-0.1, -0.05) is 127 Å². The Bertz CT molecular complexity index is 3020. The Morgan fingerprint density at radius 2 is 1.17 bits per heavy atom. The summed E-state index contributed by atoms with van der Waals surface area (Å²) in [4.78, 5) is 14.3. The number of hydrogen-bond donors (Lipinski definition) is 0. The predicted molar refractivity (Wildman–Crippen MR) is 212 cm³/mol. The van der Waals surface area contributed by atoms with Gasteiger partial charge in [-0.05, 0) is 59.2 Å². The van der Waals surface area contributed by atoms with Gasteiger partial charge in [-0.15, -0.1) is 0 Å². The summed E-state index contributed by atoms with van der Waals surface area (Å²) in [6.45, 7) is 7.47. The fourth-order valence-electron chi connectivity index (χ4n) is 7.41. The van der Waals surface area contributed by atoms with Crippen LogP contribution in [0.3, 0.4) is 0 Å². The highest BCUT2D eigenvalue weighted by Crippen LogP contribution is 2.40. The monoisotopic (exact) mass is 664 g/mol. The van der Waals surface area contributed by atoms with Crippen molar-refractivity contribution >= 4 is 49.6 Å². The highest BCUT2D eigenvalue weighted by Gasteiger charge is 2.21. The summed E-state index contributed by atoms with van der Waals surface area (Å²) in [5, 5.41) is 4.10. The zero-order valence-corrected chi connectivity index (χ0v) is 27.9. The molecular weight excluding hydrogens is 637 g/mol.